The molecule has 0 spiro atoms. The molecule has 0 amide bonds. The number of aldehydes is 1. The SMILES string of the molecule is COc1cc(C(C)CC=O)cc(CF)c1OC. The smallest absolute Gasteiger partial charge is 0.166 e. The van der Waals surface area contributed by atoms with Crippen LogP contribution in [-0.2, 0) is 11.5 Å². The maximum atomic E-state index is 12.9. The van der Waals surface area contributed by atoms with Crippen molar-refractivity contribution in [1.29, 1.82) is 0 Å². The van der Waals surface area contributed by atoms with Gasteiger partial charge < -0.3 is 14.3 Å². The Kier molecular flexibility index (Phi) is 4.94. The molecule has 0 N–H and O–H groups in total. The van der Waals surface area contributed by atoms with E-state index in [0.717, 1.165) is 11.8 Å². The zero-order chi connectivity index (χ0) is 12.8. The summed E-state index contributed by atoms with van der Waals surface area (Å²) in [6, 6.07) is 3.50. The molecule has 0 aliphatic heterocycles. The lowest BCUT2D eigenvalue weighted by Gasteiger charge is -2.16. The molecular weight excluding hydrogens is 223 g/mol. The van der Waals surface area contributed by atoms with Crippen molar-refractivity contribution in [2.75, 3.05) is 14.2 Å². The summed E-state index contributed by atoms with van der Waals surface area (Å²) in [5.41, 5.74) is 1.32. The topological polar surface area (TPSA) is 35.5 Å². The van der Waals surface area contributed by atoms with E-state index < -0.39 is 6.67 Å². The first-order valence-electron chi connectivity index (χ1n) is 5.42. The van der Waals surface area contributed by atoms with E-state index in [1.54, 1.807) is 12.1 Å². The van der Waals surface area contributed by atoms with Crippen LogP contribution in [0.4, 0.5) is 4.39 Å². The molecule has 1 rings (SSSR count). The van der Waals surface area contributed by atoms with E-state index in [4.69, 9.17) is 9.47 Å². The minimum Gasteiger partial charge on any atom is -0.493 e. The Balaban J connectivity index is 3.21. The number of hydrogen-bond acceptors (Lipinski definition) is 3. The summed E-state index contributed by atoms with van der Waals surface area (Å²) in [4.78, 5) is 10.5. The molecule has 0 radical (unpaired) electrons. The second kappa shape index (κ2) is 6.23. The van der Waals surface area contributed by atoms with Gasteiger partial charge in [0.05, 0.1) is 14.2 Å². The van der Waals surface area contributed by atoms with E-state index in [1.165, 1.54) is 14.2 Å². The zero-order valence-corrected chi connectivity index (χ0v) is 10.3. The van der Waals surface area contributed by atoms with Gasteiger partial charge in [-0.2, -0.15) is 0 Å². The third kappa shape index (κ3) is 2.96. The maximum Gasteiger partial charge on any atom is 0.166 e. The van der Waals surface area contributed by atoms with Crippen LogP contribution in [0.15, 0.2) is 12.1 Å². The number of alkyl halides is 1. The maximum absolute atomic E-state index is 12.9. The van der Waals surface area contributed by atoms with Crippen molar-refractivity contribution in [2.45, 2.75) is 25.9 Å². The van der Waals surface area contributed by atoms with Crippen LogP contribution in [0.2, 0.25) is 0 Å². The van der Waals surface area contributed by atoms with Crippen LogP contribution in [0.5, 0.6) is 11.5 Å². The van der Waals surface area contributed by atoms with Crippen LogP contribution < -0.4 is 9.47 Å². The lowest BCUT2D eigenvalue weighted by atomic mass is 9.96. The van der Waals surface area contributed by atoms with E-state index in [9.17, 15) is 9.18 Å². The largest absolute Gasteiger partial charge is 0.493 e. The average molecular weight is 240 g/mol. The summed E-state index contributed by atoms with van der Waals surface area (Å²) < 4.78 is 23.2. The van der Waals surface area contributed by atoms with Gasteiger partial charge in [0.1, 0.15) is 13.0 Å². The van der Waals surface area contributed by atoms with Crippen LogP contribution in [0, 0.1) is 0 Å². The molecule has 0 aromatic heterocycles. The Morgan fingerprint density at radius 1 is 1.35 bits per heavy atom. The Labute approximate surface area is 101 Å². The van der Waals surface area contributed by atoms with Crippen molar-refractivity contribution < 1.29 is 18.7 Å². The van der Waals surface area contributed by atoms with Crippen LogP contribution in [0.3, 0.4) is 0 Å². The van der Waals surface area contributed by atoms with Gasteiger partial charge in [0.2, 0.25) is 0 Å². The minimum absolute atomic E-state index is 0.0395. The normalized spacial score (nSPS) is 12.0. The third-order valence-electron chi connectivity index (χ3n) is 2.74. The number of ether oxygens (including phenoxy) is 2. The van der Waals surface area contributed by atoms with Crippen LogP contribution >= 0.6 is 0 Å². The molecule has 1 unspecified atom stereocenters. The molecule has 3 nitrogen and oxygen atoms in total. The fourth-order valence-electron chi connectivity index (χ4n) is 1.73. The van der Waals surface area contributed by atoms with Gasteiger partial charge in [-0.3, -0.25) is 0 Å². The highest BCUT2D eigenvalue weighted by molar-refractivity contribution is 5.54. The first-order chi connectivity index (χ1) is 8.17. The van der Waals surface area contributed by atoms with Crippen molar-refractivity contribution in [3.05, 3.63) is 23.3 Å². The Bertz CT molecular complexity index is 365. The van der Waals surface area contributed by atoms with Gasteiger partial charge in [-0.15, -0.1) is 0 Å². The molecule has 0 aliphatic rings. The van der Waals surface area contributed by atoms with Crippen molar-refractivity contribution in [3.63, 3.8) is 0 Å². The van der Waals surface area contributed by atoms with Gasteiger partial charge in [0, 0.05) is 12.0 Å². The number of benzene rings is 1. The first-order valence-corrected chi connectivity index (χ1v) is 5.42. The molecule has 0 bridgehead atoms. The monoisotopic (exact) mass is 240 g/mol. The van der Waals surface area contributed by atoms with Gasteiger partial charge in [-0.25, -0.2) is 4.39 Å². The summed E-state index contributed by atoms with van der Waals surface area (Å²) in [5.74, 6) is 0.949. The fourth-order valence-corrected chi connectivity index (χ4v) is 1.73. The average Bonchev–Trinajstić information content (AvgIpc) is 2.37. The number of rotatable bonds is 6. The molecule has 0 fully saturated rings. The predicted molar refractivity (Wildman–Crippen MR) is 63.5 cm³/mol. The Morgan fingerprint density at radius 3 is 2.53 bits per heavy atom. The number of carbonyl (C=O) groups excluding carboxylic acids is 1. The quantitative estimate of drug-likeness (QED) is 0.717. The van der Waals surface area contributed by atoms with E-state index in [2.05, 4.69) is 0 Å². The molecule has 4 heteroatoms. The van der Waals surface area contributed by atoms with Crippen LogP contribution in [-0.4, -0.2) is 20.5 Å². The van der Waals surface area contributed by atoms with Crippen LogP contribution in [0.25, 0.3) is 0 Å². The second-order valence-electron chi connectivity index (χ2n) is 3.85. The van der Waals surface area contributed by atoms with E-state index in [1.807, 2.05) is 6.92 Å². The van der Waals surface area contributed by atoms with Gasteiger partial charge in [0.25, 0.3) is 0 Å². The second-order valence-corrected chi connectivity index (χ2v) is 3.85. The standard InChI is InChI=1S/C13H17FO3/c1-9(4-5-15)10-6-11(8-14)13(17-3)12(7-10)16-2/h5-7,9H,4,8H2,1-3H3. The van der Waals surface area contributed by atoms with E-state index in [-0.39, 0.29) is 5.92 Å². The van der Waals surface area contributed by atoms with Crippen molar-refractivity contribution in [3.8, 4) is 11.5 Å². The van der Waals surface area contributed by atoms with Gasteiger partial charge in [0.15, 0.2) is 11.5 Å². The summed E-state index contributed by atoms with van der Waals surface area (Å²) in [5, 5.41) is 0. The summed E-state index contributed by atoms with van der Waals surface area (Å²) in [6.07, 6.45) is 1.26. The highest BCUT2D eigenvalue weighted by atomic mass is 19.1. The molecule has 0 saturated carbocycles. The molecule has 17 heavy (non-hydrogen) atoms. The molecule has 94 valence electrons. The minimum atomic E-state index is -0.624. The summed E-state index contributed by atoms with van der Waals surface area (Å²) in [6.45, 7) is 1.29. The molecular formula is C13H17FO3. The van der Waals surface area contributed by atoms with Gasteiger partial charge in [-0.1, -0.05) is 6.92 Å². The molecule has 1 aromatic rings. The van der Waals surface area contributed by atoms with E-state index >= 15 is 0 Å². The molecule has 0 heterocycles. The predicted octanol–water partition coefficient (Wildman–Crippen LogP) is 2.87. The Morgan fingerprint density at radius 2 is 2.06 bits per heavy atom. The third-order valence-corrected chi connectivity index (χ3v) is 2.74. The molecule has 1 aromatic carbocycles. The number of methoxy groups -OCH3 is 2. The lowest BCUT2D eigenvalue weighted by molar-refractivity contribution is -0.108. The Hall–Kier alpha value is -1.58. The zero-order valence-electron chi connectivity index (χ0n) is 10.3. The number of carbonyl (C=O) groups is 1. The molecule has 0 aliphatic carbocycles. The summed E-state index contributed by atoms with van der Waals surface area (Å²) in [7, 11) is 2.99. The van der Waals surface area contributed by atoms with Crippen molar-refractivity contribution >= 4 is 6.29 Å². The van der Waals surface area contributed by atoms with Crippen LogP contribution in [0.1, 0.15) is 30.4 Å². The lowest BCUT2D eigenvalue weighted by Crippen LogP contribution is -2.00. The van der Waals surface area contributed by atoms with Crippen molar-refractivity contribution in [2.24, 2.45) is 0 Å². The fraction of sp³-hybridized carbons (Fsp3) is 0.462. The highest BCUT2D eigenvalue weighted by Gasteiger charge is 2.15. The highest BCUT2D eigenvalue weighted by Crippen LogP contribution is 2.35. The van der Waals surface area contributed by atoms with Crippen molar-refractivity contribution in [1.82, 2.24) is 0 Å². The molecule has 1 atom stereocenters. The van der Waals surface area contributed by atoms with Gasteiger partial charge in [-0.05, 0) is 23.6 Å². The number of hydrogen-bond donors (Lipinski definition) is 0. The summed E-state index contributed by atoms with van der Waals surface area (Å²) >= 11 is 0. The number of halogens is 1. The molecule has 0 saturated heterocycles. The first kappa shape index (κ1) is 13.5. The van der Waals surface area contributed by atoms with E-state index in [0.29, 0.717) is 23.5 Å². The van der Waals surface area contributed by atoms with Gasteiger partial charge >= 0.3 is 0 Å².